The van der Waals surface area contributed by atoms with E-state index in [1.165, 1.54) is 0 Å². The highest BCUT2D eigenvalue weighted by atomic mass is 16.5. The Hall–Kier alpha value is -0.380. The van der Waals surface area contributed by atoms with Gasteiger partial charge < -0.3 is 14.8 Å². The third-order valence-electron chi connectivity index (χ3n) is 2.86. The van der Waals surface area contributed by atoms with Crippen molar-refractivity contribution >= 4 is 0 Å². The maximum Gasteiger partial charge on any atom is 0.0986 e. The minimum absolute atomic E-state index is 0.232. The third kappa shape index (κ3) is 3.59. The van der Waals surface area contributed by atoms with Gasteiger partial charge in [-0.15, -0.1) is 0 Å². The molecule has 3 nitrogen and oxygen atoms in total. The first-order valence-corrected chi connectivity index (χ1v) is 5.82. The van der Waals surface area contributed by atoms with Gasteiger partial charge >= 0.3 is 0 Å². The molecule has 1 aliphatic carbocycles. The van der Waals surface area contributed by atoms with E-state index < -0.39 is 0 Å². The summed E-state index contributed by atoms with van der Waals surface area (Å²) in [4.78, 5) is 0. The van der Waals surface area contributed by atoms with Crippen LogP contribution < -0.4 is 5.32 Å². The summed E-state index contributed by atoms with van der Waals surface area (Å²) in [5.74, 6) is 0. The van der Waals surface area contributed by atoms with Crippen molar-refractivity contribution < 1.29 is 9.47 Å². The zero-order chi connectivity index (χ0) is 11.1. The fourth-order valence-corrected chi connectivity index (χ4v) is 1.99. The molecule has 1 aliphatic rings. The Balaban J connectivity index is 2.15. The number of allylic oxidation sites excluding steroid dienone is 1. The zero-order valence-electron chi connectivity index (χ0n) is 10.0. The normalized spacial score (nSPS) is 30.7. The molecule has 0 radical (unpaired) electrons. The lowest BCUT2D eigenvalue weighted by Crippen LogP contribution is -2.59. The number of hydrogen-bond donors (Lipinski definition) is 1. The van der Waals surface area contributed by atoms with Crippen LogP contribution in [0.25, 0.3) is 0 Å². The van der Waals surface area contributed by atoms with Crippen LogP contribution in [0.5, 0.6) is 0 Å². The fraction of sp³-hybridized carbons (Fsp3) is 0.833. The van der Waals surface area contributed by atoms with Crippen LogP contribution in [-0.2, 0) is 9.47 Å². The molecule has 3 heteroatoms. The molecule has 15 heavy (non-hydrogen) atoms. The lowest BCUT2D eigenvalue weighted by atomic mass is 9.85. The molecule has 0 aromatic heterocycles. The maximum absolute atomic E-state index is 5.56. The summed E-state index contributed by atoms with van der Waals surface area (Å²) >= 11 is 0. The number of ether oxygens (including phenoxy) is 2. The van der Waals surface area contributed by atoms with E-state index in [1.54, 1.807) is 7.11 Å². The SMILES string of the molecule is C/C=C/CCNC1CC(OCC)C1OC. The van der Waals surface area contributed by atoms with Crippen molar-refractivity contribution in [2.45, 2.75) is 44.9 Å². The highest BCUT2D eigenvalue weighted by molar-refractivity contribution is 4.97. The minimum atomic E-state index is 0.232. The van der Waals surface area contributed by atoms with Crippen molar-refractivity contribution in [2.75, 3.05) is 20.3 Å². The van der Waals surface area contributed by atoms with Gasteiger partial charge in [0, 0.05) is 19.8 Å². The number of nitrogens with one attached hydrogen (secondary N) is 1. The Labute approximate surface area is 92.8 Å². The molecule has 1 fully saturated rings. The summed E-state index contributed by atoms with van der Waals surface area (Å²) in [6.07, 6.45) is 6.94. The molecule has 88 valence electrons. The number of rotatable bonds is 7. The van der Waals surface area contributed by atoms with Gasteiger partial charge in [0.25, 0.3) is 0 Å². The van der Waals surface area contributed by atoms with E-state index in [1.807, 2.05) is 13.8 Å². The molecule has 0 aromatic carbocycles. The van der Waals surface area contributed by atoms with E-state index in [-0.39, 0.29) is 6.10 Å². The molecule has 0 spiro atoms. The van der Waals surface area contributed by atoms with Gasteiger partial charge in [0.1, 0.15) is 0 Å². The summed E-state index contributed by atoms with van der Waals surface area (Å²) in [6, 6.07) is 0.469. The van der Waals surface area contributed by atoms with Crippen LogP contribution in [0.15, 0.2) is 12.2 Å². The first-order chi connectivity index (χ1) is 7.33. The average Bonchev–Trinajstić information content (AvgIpc) is 2.21. The smallest absolute Gasteiger partial charge is 0.0986 e. The van der Waals surface area contributed by atoms with Crippen LogP contribution in [0.4, 0.5) is 0 Å². The Morgan fingerprint density at radius 1 is 1.47 bits per heavy atom. The Bertz CT molecular complexity index is 194. The largest absolute Gasteiger partial charge is 0.377 e. The number of methoxy groups -OCH3 is 1. The molecule has 1 rings (SSSR count). The van der Waals surface area contributed by atoms with Crippen molar-refractivity contribution in [1.82, 2.24) is 5.32 Å². The molecule has 3 unspecified atom stereocenters. The van der Waals surface area contributed by atoms with E-state index in [9.17, 15) is 0 Å². The molecule has 0 aliphatic heterocycles. The van der Waals surface area contributed by atoms with Gasteiger partial charge in [0.15, 0.2) is 0 Å². The molecule has 1 saturated carbocycles. The predicted molar refractivity (Wildman–Crippen MR) is 62.0 cm³/mol. The van der Waals surface area contributed by atoms with Crippen molar-refractivity contribution in [3.05, 3.63) is 12.2 Å². The van der Waals surface area contributed by atoms with Crippen LogP contribution in [0.2, 0.25) is 0 Å². The van der Waals surface area contributed by atoms with Gasteiger partial charge in [0.05, 0.1) is 12.2 Å². The van der Waals surface area contributed by atoms with E-state index >= 15 is 0 Å². The Morgan fingerprint density at radius 2 is 2.27 bits per heavy atom. The Kier molecular flexibility index (Phi) is 5.91. The van der Waals surface area contributed by atoms with Gasteiger partial charge in [-0.05, 0) is 33.2 Å². The lowest BCUT2D eigenvalue weighted by Gasteiger charge is -2.43. The summed E-state index contributed by atoms with van der Waals surface area (Å²) in [7, 11) is 1.76. The zero-order valence-corrected chi connectivity index (χ0v) is 10.0. The van der Waals surface area contributed by atoms with E-state index in [4.69, 9.17) is 9.47 Å². The van der Waals surface area contributed by atoms with Gasteiger partial charge in [-0.3, -0.25) is 0 Å². The van der Waals surface area contributed by atoms with Crippen LogP contribution in [0.1, 0.15) is 26.7 Å². The van der Waals surface area contributed by atoms with Gasteiger partial charge in [-0.25, -0.2) is 0 Å². The van der Waals surface area contributed by atoms with E-state index in [2.05, 4.69) is 17.5 Å². The molecule has 0 aromatic rings. The molecular formula is C12H23NO2. The highest BCUT2D eigenvalue weighted by Gasteiger charge is 2.41. The second-order valence-electron chi connectivity index (χ2n) is 3.85. The Morgan fingerprint density at radius 3 is 2.87 bits per heavy atom. The maximum atomic E-state index is 5.56. The lowest BCUT2D eigenvalue weighted by molar-refractivity contribution is -0.131. The van der Waals surface area contributed by atoms with Crippen LogP contribution in [-0.4, -0.2) is 38.5 Å². The second kappa shape index (κ2) is 6.99. The molecular weight excluding hydrogens is 190 g/mol. The van der Waals surface area contributed by atoms with Gasteiger partial charge in [-0.2, -0.15) is 0 Å². The molecule has 0 bridgehead atoms. The van der Waals surface area contributed by atoms with Crippen LogP contribution >= 0.6 is 0 Å². The molecule has 1 N–H and O–H groups in total. The van der Waals surface area contributed by atoms with E-state index in [0.29, 0.717) is 12.1 Å². The summed E-state index contributed by atoms with van der Waals surface area (Å²) < 4.78 is 11.0. The first kappa shape index (κ1) is 12.7. The topological polar surface area (TPSA) is 30.5 Å². The summed E-state index contributed by atoms with van der Waals surface area (Å²) in [6.45, 7) is 5.87. The molecule has 0 heterocycles. The number of hydrogen-bond acceptors (Lipinski definition) is 3. The fourth-order valence-electron chi connectivity index (χ4n) is 1.99. The molecule has 3 atom stereocenters. The van der Waals surface area contributed by atoms with Crippen molar-refractivity contribution in [3.63, 3.8) is 0 Å². The summed E-state index contributed by atoms with van der Waals surface area (Å²) in [5, 5.41) is 3.49. The predicted octanol–water partition coefficient (Wildman–Crippen LogP) is 1.73. The third-order valence-corrected chi connectivity index (χ3v) is 2.86. The van der Waals surface area contributed by atoms with E-state index in [0.717, 1.165) is 26.0 Å². The minimum Gasteiger partial charge on any atom is -0.377 e. The second-order valence-corrected chi connectivity index (χ2v) is 3.85. The monoisotopic (exact) mass is 213 g/mol. The van der Waals surface area contributed by atoms with Gasteiger partial charge in [0.2, 0.25) is 0 Å². The van der Waals surface area contributed by atoms with Crippen molar-refractivity contribution in [3.8, 4) is 0 Å². The molecule has 0 saturated heterocycles. The highest BCUT2D eigenvalue weighted by Crippen LogP contribution is 2.26. The first-order valence-electron chi connectivity index (χ1n) is 5.82. The van der Waals surface area contributed by atoms with Crippen LogP contribution in [0, 0.1) is 0 Å². The van der Waals surface area contributed by atoms with Crippen LogP contribution in [0.3, 0.4) is 0 Å². The van der Waals surface area contributed by atoms with Crippen molar-refractivity contribution in [2.24, 2.45) is 0 Å². The van der Waals surface area contributed by atoms with Crippen molar-refractivity contribution in [1.29, 1.82) is 0 Å². The van der Waals surface area contributed by atoms with Gasteiger partial charge in [-0.1, -0.05) is 12.2 Å². The average molecular weight is 213 g/mol. The standard InChI is InChI=1S/C12H23NO2/c1-4-6-7-8-13-10-9-11(15-5-2)12(10)14-3/h4,6,10-13H,5,7-9H2,1-3H3/b6-4+. The quantitative estimate of drug-likeness (QED) is 0.516. The summed E-state index contributed by atoms with van der Waals surface area (Å²) in [5.41, 5.74) is 0. The molecule has 0 amide bonds.